The summed E-state index contributed by atoms with van der Waals surface area (Å²) >= 11 is 0. The Morgan fingerprint density at radius 2 is 0.643 bits per heavy atom. The van der Waals surface area contributed by atoms with Gasteiger partial charge < -0.3 is 14.2 Å². The number of carbonyl (C=O) groups is 2. The molecule has 0 aromatic carbocycles. The van der Waals surface area contributed by atoms with Crippen LogP contribution in [0.3, 0.4) is 0 Å². The highest BCUT2D eigenvalue weighted by molar-refractivity contribution is 5.70. The maximum Gasteiger partial charge on any atom is 0.306 e. The molecule has 0 aliphatic heterocycles. The van der Waals surface area contributed by atoms with Crippen LogP contribution >= 0.6 is 0 Å². The van der Waals surface area contributed by atoms with E-state index in [-0.39, 0.29) is 25.2 Å². The number of hydrogen-bond donors (Lipinski definition) is 0. The van der Waals surface area contributed by atoms with E-state index in [1.165, 1.54) is 89.9 Å². The van der Waals surface area contributed by atoms with E-state index in [1.807, 2.05) is 0 Å². The van der Waals surface area contributed by atoms with Crippen molar-refractivity contribution in [2.75, 3.05) is 19.8 Å². The van der Waals surface area contributed by atoms with Gasteiger partial charge in [0, 0.05) is 19.4 Å². The summed E-state index contributed by atoms with van der Waals surface area (Å²) in [5, 5.41) is 0. The fourth-order valence-corrected chi connectivity index (χ4v) is 7.70. The summed E-state index contributed by atoms with van der Waals surface area (Å²) in [6, 6.07) is 0. The Balaban J connectivity index is 4.37. The van der Waals surface area contributed by atoms with Gasteiger partial charge in [-0.25, -0.2) is 0 Å². The van der Waals surface area contributed by atoms with Gasteiger partial charge >= 0.3 is 11.9 Å². The quantitative estimate of drug-likeness (QED) is 0.0345. The SMILES string of the molecule is CC/C=C\C/C=C\C/C=C\C/C=C\C/C=C\CCCCCCOCC(COC(=O)CCCCCCCCCCC/C=C\C/C=C\CCCCC)OC(=O)CCCCCCC/C=C\C/C=C\C/C=C\CC. The minimum absolute atomic E-state index is 0.0585. The number of esters is 2. The zero-order valence-electron chi connectivity index (χ0n) is 45.7. The molecule has 0 aromatic rings. The van der Waals surface area contributed by atoms with Crippen molar-refractivity contribution in [3.8, 4) is 0 Å². The third-order valence-corrected chi connectivity index (χ3v) is 12.0. The van der Waals surface area contributed by atoms with Crippen LogP contribution in [0.25, 0.3) is 0 Å². The molecule has 0 aliphatic carbocycles. The zero-order valence-corrected chi connectivity index (χ0v) is 45.7. The van der Waals surface area contributed by atoms with Crippen molar-refractivity contribution < 1.29 is 23.8 Å². The molecule has 0 spiro atoms. The lowest BCUT2D eigenvalue weighted by Crippen LogP contribution is -2.30. The Bertz CT molecular complexity index is 1420. The highest BCUT2D eigenvalue weighted by Crippen LogP contribution is 2.14. The smallest absolute Gasteiger partial charge is 0.306 e. The highest BCUT2D eigenvalue weighted by atomic mass is 16.6. The number of allylic oxidation sites excluding steroid dienone is 20. The van der Waals surface area contributed by atoms with Crippen LogP contribution in [0.5, 0.6) is 0 Å². The standard InChI is InChI=1S/C65H108O5/c1-4-7-10-13-16-19-22-25-28-30-32-34-36-39-42-45-48-51-54-57-60-68-61-63(70-65(67)59-56-53-50-47-44-41-37-27-24-21-18-15-12-9-6-3)62-69-64(66)58-55-52-49-46-43-40-38-35-33-31-29-26-23-20-17-14-11-8-5-2/h7,9-10,12,16-21,25-29,32,34,37,39,42,63H,4-6,8,11,13-15,22-24,30-31,33,35-36,38,40-41,43-62H2,1-3H3/b10-7-,12-9-,19-16-,20-17-,21-18-,28-25-,29-26-,34-32-,37-27-,42-39-. The zero-order chi connectivity index (χ0) is 50.6. The predicted octanol–water partition coefficient (Wildman–Crippen LogP) is 20.1. The van der Waals surface area contributed by atoms with Crippen molar-refractivity contribution in [3.05, 3.63) is 122 Å². The molecular weight excluding hydrogens is 861 g/mol. The summed E-state index contributed by atoms with van der Waals surface area (Å²) in [6.07, 6.45) is 83.6. The molecule has 0 heterocycles. The normalized spacial score (nSPS) is 13.1. The van der Waals surface area contributed by atoms with Gasteiger partial charge in [0.05, 0.1) is 6.61 Å². The first-order valence-electron chi connectivity index (χ1n) is 29.1. The monoisotopic (exact) mass is 969 g/mol. The van der Waals surface area contributed by atoms with Gasteiger partial charge in [0.1, 0.15) is 6.61 Å². The highest BCUT2D eigenvalue weighted by Gasteiger charge is 2.17. The molecule has 0 rings (SSSR count). The summed E-state index contributed by atoms with van der Waals surface area (Å²) in [5.41, 5.74) is 0. The number of carbonyl (C=O) groups excluding carboxylic acids is 2. The van der Waals surface area contributed by atoms with E-state index in [4.69, 9.17) is 14.2 Å². The molecule has 0 N–H and O–H groups in total. The summed E-state index contributed by atoms with van der Waals surface area (Å²) in [4.78, 5) is 25.5. The van der Waals surface area contributed by atoms with Gasteiger partial charge in [-0.2, -0.15) is 0 Å². The fourth-order valence-electron chi connectivity index (χ4n) is 7.70. The second-order valence-corrected chi connectivity index (χ2v) is 18.8. The summed E-state index contributed by atoms with van der Waals surface area (Å²) < 4.78 is 17.4. The topological polar surface area (TPSA) is 61.8 Å². The largest absolute Gasteiger partial charge is 0.462 e. The summed E-state index contributed by atoms with van der Waals surface area (Å²) in [6.45, 7) is 7.50. The van der Waals surface area contributed by atoms with Crippen molar-refractivity contribution >= 4 is 11.9 Å². The molecule has 1 atom stereocenters. The Morgan fingerprint density at radius 3 is 1.03 bits per heavy atom. The van der Waals surface area contributed by atoms with E-state index in [1.54, 1.807) is 0 Å². The van der Waals surface area contributed by atoms with Crippen LogP contribution in [0.2, 0.25) is 0 Å². The number of rotatable bonds is 52. The van der Waals surface area contributed by atoms with Crippen LogP contribution in [0, 0.1) is 0 Å². The molecule has 0 amide bonds. The maximum atomic E-state index is 12.9. The van der Waals surface area contributed by atoms with Crippen molar-refractivity contribution in [1.29, 1.82) is 0 Å². The van der Waals surface area contributed by atoms with E-state index in [0.717, 1.165) is 128 Å². The molecule has 0 aromatic heterocycles. The Hall–Kier alpha value is -3.70. The third-order valence-electron chi connectivity index (χ3n) is 12.0. The molecule has 0 bridgehead atoms. The van der Waals surface area contributed by atoms with E-state index < -0.39 is 6.10 Å². The molecule has 398 valence electrons. The van der Waals surface area contributed by atoms with Gasteiger partial charge in [0.2, 0.25) is 0 Å². The second-order valence-electron chi connectivity index (χ2n) is 18.8. The van der Waals surface area contributed by atoms with Gasteiger partial charge in [0.15, 0.2) is 6.10 Å². The Labute approximate surface area is 433 Å². The molecule has 5 heteroatoms. The van der Waals surface area contributed by atoms with E-state index in [9.17, 15) is 9.59 Å². The first-order valence-corrected chi connectivity index (χ1v) is 29.1. The molecule has 0 fully saturated rings. The van der Waals surface area contributed by atoms with Crippen LogP contribution in [0.4, 0.5) is 0 Å². The number of unbranched alkanes of at least 4 members (excludes halogenated alkanes) is 21. The lowest BCUT2D eigenvalue weighted by Gasteiger charge is -2.18. The van der Waals surface area contributed by atoms with Crippen molar-refractivity contribution in [2.24, 2.45) is 0 Å². The number of hydrogen-bond acceptors (Lipinski definition) is 5. The Kier molecular flexibility index (Phi) is 56.5. The minimum Gasteiger partial charge on any atom is -0.462 e. The fraction of sp³-hybridized carbons (Fsp3) is 0.662. The van der Waals surface area contributed by atoms with Gasteiger partial charge in [-0.05, 0) is 128 Å². The molecule has 0 saturated carbocycles. The molecule has 0 radical (unpaired) electrons. The number of ether oxygens (including phenoxy) is 3. The van der Waals surface area contributed by atoms with Crippen LogP contribution in [0.1, 0.15) is 252 Å². The molecule has 0 aliphatic rings. The van der Waals surface area contributed by atoms with E-state index >= 15 is 0 Å². The van der Waals surface area contributed by atoms with Crippen molar-refractivity contribution in [2.45, 2.75) is 258 Å². The van der Waals surface area contributed by atoms with Gasteiger partial charge in [-0.1, -0.05) is 232 Å². The average molecular weight is 970 g/mol. The van der Waals surface area contributed by atoms with E-state index in [2.05, 4.69) is 142 Å². The minimum atomic E-state index is -0.570. The average Bonchev–Trinajstić information content (AvgIpc) is 3.36. The first-order chi connectivity index (χ1) is 34.6. The Morgan fingerprint density at radius 1 is 0.329 bits per heavy atom. The third kappa shape index (κ3) is 56.9. The summed E-state index contributed by atoms with van der Waals surface area (Å²) in [5.74, 6) is -0.439. The van der Waals surface area contributed by atoms with Crippen molar-refractivity contribution in [1.82, 2.24) is 0 Å². The second kappa shape index (κ2) is 59.6. The first kappa shape index (κ1) is 66.3. The van der Waals surface area contributed by atoms with Crippen LogP contribution in [0.15, 0.2) is 122 Å². The van der Waals surface area contributed by atoms with Crippen LogP contribution in [-0.2, 0) is 23.8 Å². The maximum absolute atomic E-state index is 12.9. The van der Waals surface area contributed by atoms with Crippen molar-refractivity contribution in [3.63, 3.8) is 0 Å². The molecule has 5 nitrogen and oxygen atoms in total. The summed E-state index contributed by atoms with van der Waals surface area (Å²) in [7, 11) is 0. The molecular formula is C65H108O5. The van der Waals surface area contributed by atoms with Gasteiger partial charge in [-0.15, -0.1) is 0 Å². The van der Waals surface area contributed by atoms with Gasteiger partial charge in [-0.3, -0.25) is 9.59 Å². The molecule has 1 unspecified atom stereocenters. The predicted molar refractivity (Wildman–Crippen MR) is 306 cm³/mol. The lowest BCUT2D eigenvalue weighted by atomic mass is 10.1. The lowest BCUT2D eigenvalue weighted by molar-refractivity contribution is -0.163. The van der Waals surface area contributed by atoms with Crippen LogP contribution < -0.4 is 0 Å². The van der Waals surface area contributed by atoms with E-state index in [0.29, 0.717) is 19.4 Å². The molecule has 0 saturated heterocycles. The molecule has 70 heavy (non-hydrogen) atoms. The van der Waals surface area contributed by atoms with Crippen LogP contribution in [-0.4, -0.2) is 37.9 Å². The van der Waals surface area contributed by atoms with Gasteiger partial charge in [0.25, 0.3) is 0 Å².